The fourth-order valence-electron chi connectivity index (χ4n) is 3.46. The number of esters is 1. The van der Waals surface area contributed by atoms with E-state index in [1.54, 1.807) is 18.2 Å². The van der Waals surface area contributed by atoms with Crippen molar-refractivity contribution in [3.05, 3.63) is 53.6 Å². The quantitative estimate of drug-likeness (QED) is 0.739. The van der Waals surface area contributed by atoms with Gasteiger partial charge >= 0.3 is 5.97 Å². The molecule has 1 aliphatic rings. The van der Waals surface area contributed by atoms with Crippen molar-refractivity contribution in [2.24, 2.45) is 5.92 Å². The molecule has 30 heavy (non-hydrogen) atoms. The van der Waals surface area contributed by atoms with Gasteiger partial charge < -0.3 is 19.7 Å². The summed E-state index contributed by atoms with van der Waals surface area (Å²) < 4.78 is 10.7. The molecule has 0 saturated carbocycles. The van der Waals surface area contributed by atoms with Crippen LogP contribution in [0, 0.1) is 19.8 Å². The molecular weight excluding hydrogens is 384 g/mol. The second-order valence-electron chi connectivity index (χ2n) is 7.46. The summed E-state index contributed by atoms with van der Waals surface area (Å²) in [5, 5.41) is 2.78. The van der Waals surface area contributed by atoms with Crippen LogP contribution in [0.25, 0.3) is 0 Å². The highest BCUT2D eigenvalue weighted by molar-refractivity contribution is 6.01. The van der Waals surface area contributed by atoms with E-state index in [4.69, 9.17) is 9.47 Å². The summed E-state index contributed by atoms with van der Waals surface area (Å²) in [5.74, 6) is -1.25. The number of nitrogens with zero attached hydrogens (tertiary/aromatic N) is 1. The zero-order chi connectivity index (χ0) is 21.8. The molecule has 2 aromatic rings. The topological polar surface area (TPSA) is 84.9 Å². The molecule has 1 fully saturated rings. The Bertz CT molecular complexity index is 972. The fraction of sp³-hybridized carbons (Fsp3) is 0.348. The van der Waals surface area contributed by atoms with E-state index in [1.807, 2.05) is 38.1 Å². The highest BCUT2D eigenvalue weighted by Crippen LogP contribution is 2.33. The van der Waals surface area contributed by atoms with Crippen molar-refractivity contribution in [3.8, 4) is 5.75 Å². The van der Waals surface area contributed by atoms with Crippen LogP contribution in [0.5, 0.6) is 5.75 Å². The van der Waals surface area contributed by atoms with Crippen LogP contribution in [0.3, 0.4) is 0 Å². The molecule has 7 heteroatoms. The average molecular weight is 410 g/mol. The summed E-state index contributed by atoms with van der Waals surface area (Å²) >= 11 is 0. The van der Waals surface area contributed by atoms with Crippen molar-refractivity contribution < 1.29 is 23.9 Å². The van der Waals surface area contributed by atoms with Crippen LogP contribution < -0.4 is 15.0 Å². The molecule has 2 aromatic carbocycles. The van der Waals surface area contributed by atoms with Crippen LogP contribution in [0.4, 0.5) is 11.4 Å². The SMILES string of the molecule is COc1ccccc1N1C[C@H](C(=O)O[C@H](C)C(=O)Nc2ccc(C)cc2C)CC1=O. The van der Waals surface area contributed by atoms with E-state index in [0.29, 0.717) is 17.1 Å². The first-order chi connectivity index (χ1) is 14.3. The molecule has 2 amide bonds. The summed E-state index contributed by atoms with van der Waals surface area (Å²) in [5.41, 5.74) is 3.30. The number of methoxy groups -OCH3 is 1. The molecule has 0 radical (unpaired) electrons. The molecule has 2 atom stereocenters. The van der Waals surface area contributed by atoms with E-state index in [-0.39, 0.29) is 18.9 Å². The molecule has 0 bridgehead atoms. The van der Waals surface area contributed by atoms with Gasteiger partial charge in [-0.2, -0.15) is 0 Å². The number of anilines is 2. The number of hydrogen-bond donors (Lipinski definition) is 1. The number of ether oxygens (including phenoxy) is 2. The molecule has 0 aromatic heterocycles. The van der Waals surface area contributed by atoms with Crippen LogP contribution >= 0.6 is 0 Å². The molecule has 1 heterocycles. The van der Waals surface area contributed by atoms with Gasteiger partial charge in [0.05, 0.1) is 18.7 Å². The largest absolute Gasteiger partial charge is 0.495 e. The predicted molar refractivity (Wildman–Crippen MR) is 114 cm³/mol. The summed E-state index contributed by atoms with van der Waals surface area (Å²) in [6, 6.07) is 12.8. The highest BCUT2D eigenvalue weighted by Gasteiger charge is 2.38. The van der Waals surface area contributed by atoms with Crippen LogP contribution in [0.2, 0.25) is 0 Å². The van der Waals surface area contributed by atoms with Gasteiger partial charge in [0, 0.05) is 18.7 Å². The molecule has 158 valence electrons. The number of rotatable bonds is 6. The Kier molecular flexibility index (Phi) is 6.40. The van der Waals surface area contributed by atoms with Gasteiger partial charge in [-0.1, -0.05) is 29.8 Å². The molecule has 1 aliphatic heterocycles. The van der Waals surface area contributed by atoms with Crippen molar-refractivity contribution in [1.29, 1.82) is 0 Å². The standard InChI is InChI=1S/C23H26N2O5/c1-14-9-10-18(15(2)11-14)24-22(27)16(3)30-23(28)17-12-21(26)25(13-17)19-7-5-6-8-20(19)29-4/h5-11,16-17H,12-13H2,1-4H3,(H,24,27)/t16-,17-/m1/s1. The number of hydrogen-bond acceptors (Lipinski definition) is 5. The second-order valence-corrected chi connectivity index (χ2v) is 7.46. The third-order valence-corrected chi connectivity index (χ3v) is 5.14. The van der Waals surface area contributed by atoms with Crippen molar-refractivity contribution >= 4 is 29.2 Å². The second kappa shape index (κ2) is 8.98. The minimum Gasteiger partial charge on any atom is -0.495 e. The molecule has 3 rings (SSSR count). The Morgan fingerprint density at radius 1 is 1.17 bits per heavy atom. The van der Waals surface area contributed by atoms with Gasteiger partial charge in [-0.05, 0) is 44.5 Å². The van der Waals surface area contributed by atoms with Crippen LogP contribution in [-0.4, -0.2) is 37.5 Å². The lowest BCUT2D eigenvalue weighted by atomic mass is 10.1. The number of nitrogens with one attached hydrogen (secondary N) is 1. The van der Waals surface area contributed by atoms with Gasteiger partial charge in [0.15, 0.2) is 6.10 Å². The first kappa shape index (κ1) is 21.4. The lowest BCUT2D eigenvalue weighted by molar-refractivity contribution is -0.157. The van der Waals surface area contributed by atoms with E-state index < -0.39 is 23.9 Å². The minimum absolute atomic E-state index is 0.0301. The Balaban J connectivity index is 1.61. The number of aryl methyl sites for hydroxylation is 2. The summed E-state index contributed by atoms with van der Waals surface area (Å²) in [6.45, 7) is 5.57. The zero-order valence-electron chi connectivity index (χ0n) is 17.6. The van der Waals surface area contributed by atoms with E-state index in [2.05, 4.69) is 5.32 Å². The first-order valence-electron chi connectivity index (χ1n) is 9.82. The summed E-state index contributed by atoms with van der Waals surface area (Å²) in [7, 11) is 1.53. The maximum Gasteiger partial charge on any atom is 0.312 e. The monoisotopic (exact) mass is 410 g/mol. The number of carbonyl (C=O) groups excluding carboxylic acids is 3. The van der Waals surface area contributed by atoms with Crippen LogP contribution in [0.1, 0.15) is 24.5 Å². The minimum atomic E-state index is -0.978. The smallest absolute Gasteiger partial charge is 0.312 e. The number of para-hydroxylation sites is 2. The molecule has 0 spiro atoms. The third kappa shape index (κ3) is 4.62. The fourth-order valence-corrected chi connectivity index (χ4v) is 3.46. The summed E-state index contributed by atoms with van der Waals surface area (Å²) in [4.78, 5) is 39.0. The van der Waals surface area contributed by atoms with Crippen molar-refractivity contribution in [2.45, 2.75) is 33.3 Å². The molecule has 7 nitrogen and oxygen atoms in total. The van der Waals surface area contributed by atoms with Crippen molar-refractivity contribution in [1.82, 2.24) is 0 Å². The Labute approximate surface area is 176 Å². The molecular formula is C23H26N2O5. The van der Waals surface area contributed by atoms with Gasteiger partial charge in [-0.3, -0.25) is 14.4 Å². The number of benzene rings is 2. The van der Waals surface area contributed by atoms with E-state index in [1.165, 1.54) is 18.9 Å². The van der Waals surface area contributed by atoms with Crippen LogP contribution in [-0.2, 0) is 19.1 Å². The Morgan fingerprint density at radius 2 is 1.90 bits per heavy atom. The normalized spacial score (nSPS) is 16.9. The van der Waals surface area contributed by atoms with E-state index >= 15 is 0 Å². The molecule has 1 N–H and O–H groups in total. The molecule has 1 saturated heterocycles. The van der Waals surface area contributed by atoms with Gasteiger partial charge in [0.1, 0.15) is 5.75 Å². The van der Waals surface area contributed by atoms with E-state index in [9.17, 15) is 14.4 Å². The Hall–Kier alpha value is -3.35. The first-order valence-corrected chi connectivity index (χ1v) is 9.82. The zero-order valence-corrected chi connectivity index (χ0v) is 17.6. The molecule has 0 unspecified atom stereocenters. The summed E-state index contributed by atoms with van der Waals surface area (Å²) in [6.07, 6.45) is -0.948. The maximum atomic E-state index is 12.6. The van der Waals surface area contributed by atoms with Gasteiger partial charge in [0.2, 0.25) is 5.91 Å². The maximum absolute atomic E-state index is 12.6. The highest BCUT2D eigenvalue weighted by atomic mass is 16.5. The number of carbonyl (C=O) groups is 3. The Morgan fingerprint density at radius 3 is 2.60 bits per heavy atom. The van der Waals surface area contributed by atoms with Crippen molar-refractivity contribution in [3.63, 3.8) is 0 Å². The van der Waals surface area contributed by atoms with Gasteiger partial charge in [-0.15, -0.1) is 0 Å². The van der Waals surface area contributed by atoms with E-state index in [0.717, 1.165) is 11.1 Å². The van der Waals surface area contributed by atoms with Crippen LogP contribution in [0.15, 0.2) is 42.5 Å². The molecule has 0 aliphatic carbocycles. The van der Waals surface area contributed by atoms with Gasteiger partial charge in [0.25, 0.3) is 5.91 Å². The van der Waals surface area contributed by atoms with Crippen molar-refractivity contribution in [2.75, 3.05) is 23.9 Å². The predicted octanol–water partition coefficient (Wildman–Crippen LogP) is 3.24. The number of amides is 2. The van der Waals surface area contributed by atoms with Gasteiger partial charge in [-0.25, -0.2) is 0 Å². The third-order valence-electron chi connectivity index (χ3n) is 5.14. The average Bonchev–Trinajstić information content (AvgIpc) is 3.11. The lowest BCUT2D eigenvalue weighted by Crippen LogP contribution is -2.33. The lowest BCUT2D eigenvalue weighted by Gasteiger charge is -2.20.